The third-order valence-corrected chi connectivity index (χ3v) is 6.27. The molecule has 0 aromatic carbocycles. The Bertz CT molecular complexity index is 336. The Balaban J connectivity index is 2.47. The van der Waals surface area contributed by atoms with E-state index in [4.69, 9.17) is 0 Å². The Morgan fingerprint density at radius 3 is 2.50 bits per heavy atom. The van der Waals surface area contributed by atoms with Gasteiger partial charge in [-0.15, -0.1) is 11.3 Å². The number of aliphatic hydroxyl groups is 1. The first-order valence-electron chi connectivity index (χ1n) is 6.13. The Morgan fingerprint density at radius 2 is 2.06 bits per heavy atom. The van der Waals surface area contributed by atoms with Gasteiger partial charge in [0.25, 0.3) is 0 Å². The molecule has 0 aliphatic rings. The normalized spacial score (nSPS) is 13.2. The number of thiophene rings is 1. The quantitative estimate of drug-likeness (QED) is 0.704. The summed E-state index contributed by atoms with van der Waals surface area (Å²) >= 11 is 8.61. The van der Waals surface area contributed by atoms with Gasteiger partial charge in [0.05, 0.1) is 16.4 Å². The van der Waals surface area contributed by atoms with Crippen LogP contribution in [-0.4, -0.2) is 42.8 Å². The van der Waals surface area contributed by atoms with Crippen LogP contribution < -0.4 is 5.32 Å². The van der Waals surface area contributed by atoms with Gasteiger partial charge in [0.15, 0.2) is 0 Å². The molecule has 1 aromatic heterocycles. The zero-order valence-electron chi connectivity index (χ0n) is 10.7. The summed E-state index contributed by atoms with van der Waals surface area (Å²) in [6, 6.07) is 2.08. The van der Waals surface area contributed by atoms with E-state index in [1.54, 1.807) is 11.3 Å². The maximum absolute atomic E-state index is 9.46. The number of hydrogen-bond donors (Lipinski definition) is 2. The number of nitrogens with one attached hydrogen (secondary N) is 1. The highest BCUT2D eigenvalue weighted by molar-refractivity contribution is 9.13. The Labute approximate surface area is 130 Å². The summed E-state index contributed by atoms with van der Waals surface area (Å²) in [6.45, 7) is 8.49. The van der Waals surface area contributed by atoms with Gasteiger partial charge in [-0.2, -0.15) is 0 Å². The summed E-state index contributed by atoms with van der Waals surface area (Å²) in [7, 11) is 0. The van der Waals surface area contributed by atoms with Crippen LogP contribution in [0.4, 0.5) is 0 Å². The van der Waals surface area contributed by atoms with Gasteiger partial charge in [-0.1, -0.05) is 13.8 Å². The molecule has 0 bridgehead atoms. The lowest BCUT2D eigenvalue weighted by molar-refractivity contribution is 0.235. The van der Waals surface area contributed by atoms with Gasteiger partial charge in [-0.25, -0.2) is 0 Å². The summed E-state index contributed by atoms with van der Waals surface area (Å²) in [5.74, 6) is 0. The number of aliphatic hydroxyl groups excluding tert-OH is 1. The maximum Gasteiger partial charge on any atom is 0.0843 e. The van der Waals surface area contributed by atoms with Crippen molar-refractivity contribution in [2.75, 3.05) is 32.8 Å². The van der Waals surface area contributed by atoms with Crippen LogP contribution in [0.1, 0.15) is 24.8 Å². The van der Waals surface area contributed by atoms with Crippen molar-refractivity contribution in [3.8, 4) is 0 Å². The highest BCUT2D eigenvalue weighted by atomic mass is 79.9. The fourth-order valence-corrected chi connectivity index (χ4v) is 3.88. The summed E-state index contributed by atoms with van der Waals surface area (Å²) in [6.07, 6.45) is 0. The fraction of sp³-hybridized carbons (Fsp3) is 0.667. The molecule has 0 amide bonds. The molecular formula is C12H20Br2N2OS. The monoisotopic (exact) mass is 398 g/mol. The topological polar surface area (TPSA) is 35.5 Å². The average molecular weight is 400 g/mol. The molecule has 2 N–H and O–H groups in total. The molecule has 0 aliphatic heterocycles. The van der Waals surface area contributed by atoms with E-state index in [0.717, 1.165) is 39.3 Å². The van der Waals surface area contributed by atoms with E-state index in [1.807, 2.05) is 0 Å². The van der Waals surface area contributed by atoms with Crippen molar-refractivity contribution in [1.82, 2.24) is 10.2 Å². The standard InChI is InChI=1S/C12H20Br2N2OS/c1-3-16(4-2)6-5-15-10(8-17)11-7-9(13)12(14)18-11/h7,10,15,17H,3-6,8H2,1-2H3. The molecule has 1 rings (SSSR count). The van der Waals surface area contributed by atoms with Crippen molar-refractivity contribution in [2.45, 2.75) is 19.9 Å². The van der Waals surface area contributed by atoms with E-state index in [1.165, 1.54) is 0 Å². The van der Waals surface area contributed by atoms with Gasteiger partial charge >= 0.3 is 0 Å². The lowest BCUT2D eigenvalue weighted by Crippen LogP contribution is -2.34. The minimum absolute atomic E-state index is 0.0214. The summed E-state index contributed by atoms with van der Waals surface area (Å²) in [4.78, 5) is 3.51. The number of likely N-dealkylation sites (N-methyl/N-ethyl adjacent to an activating group) is 1. The lowest BCUT2D eigenvalue weighted by atomic mass is 10.2. The Kier molecular flexibility index (Phi) is 7.98. The maximum atomic E-state index is 9.46. The van der Waals surface area contributed by atoms with E-state index in [9.17, 15) is 5.11 Å². The first-order chi connectivity index (χ1) is 8.62. The number of hydrogen-bond acceptors (Lipinski definition) is 4. The second-order valence-electron chi connectivity index (χ2n) is 3.99. The van der Waals surface area contributed by atoms with Gasteiger partial charge in [0, 0.05) is 22.4 Å². The van der Waals surface area contributed by atoms with E-state index in [-0.39, 0.29) is 12.6 Å². The highest BCUT2D eigenvalue weighted by Crippen LogP contribution is 2.35. The molecule has 18 heavy (non-hydrogen) atoms. The molecule has 0 saturated carbocycles. The Hall–Kier alpha value is 0.540. The molecule has 1 unspecified atom stereocenters. The summed E-state index contributed by atoms with van der Waals surface area (Å²) in [5.41, 5.74) is 0. The number of nitrogens with zero attached hydrogens (tertiary/aromatic N) is 1. The molecule has 0 saturated heterocycles. The van der Waals surface area contributed by atoms with Crippen LogP contribution in [0.5, 0.6) is 0 Å². The molecule has 0 spiro atoms. The van der Waals surface area contributed by atoms with Crippen LogP contribution in [-0.2, 0) is 0 Å². The van der Waals surface area contributed by atoms with Crippen LogP contribution in [0, 0.1) is 0 Å². The molecule has 0 radical (unpaired) electrons. The van der Waals surface area contributed by atoms with Crippen molar-refractivity contribution < 1.29 is 5.11 Å². The first kappa shape index (κ1) is 16.6. The van der Waals surface area contributed by atoms with Gasteiger partial charge in [-0.3, -0.25) is 0 Å². The van der Waals surface area contributed by atoms with Crippen molar-refractivity contribution >= 4 is 43.2 Å². The van der Waals surface area contributed by atoms with E-state index in [0.29, 0.717) is 0 Å². The molecule has 104 valence electrons. The molecular weight excluding hydrogens is 380 g/mol. The zero-order chi connectivity index (χ0) is 13.5. The fourth-order valence-electron chi connectivity index (χ4n) is 1.73. The third kappa shape index (κ3) is 4.90. The van der Waals surface area contributed by atoms with E-state index >= 15 is 0 Å². The molecule has 3 nitrogen and oxygen atoms in total. The van der Waals surface area contributed by atoms with Crippen molar-refractivity contribution in [2.24, 2.45) is 0 Å². The molecule has 1 heterocycles. The van der Waals surface area contributed by atoms with E-state index in [2.05, 4.69) is 62.0 Å². The van der Waals surface area contributed by atoms with Crippen molar-refractivity contribution in [3.63, 3.8) is 0 Å². The van der Waals surface area contributed by atoms with Crippen LogP contribution in [0.25, 0.3) is 0 Å². The van der Waals surface area contributed by atoms with Gasteiger partial charge in [-0.05, 0) is 51.0 Å². The van der Waals surface area contributed by atoms with Crippen LogP contribution >= 0.6 is 43.2 Å². The minimum Gasteiger partial charge on any atom is -0.394 e. The van der Waals surface area contributed by atoms with Crippen LogP contribution in [0.3, 0.4) is 0 Å². The predicted octanol–water partition coefficient (Wildman–Crippen LogP) is 3.24. The predicted molar refractivity (Wildman–Crippen MR) is 85.3 cm³/mol. The van der Waals surface area contributed by atoms with Crippen molar-refractivity contribution in [1.29, 1.82) is 0 Å². The molecule has 0 aliphatic carbocycles. The van der Waals surface area contributed by atoms with Gasteiger partial charge in [0.2, 0.25) is 0 Å². The molecule has 0 fully saturated rings. The van der Waals surface area contributed by atoms with Gasteiger partial charge in [0.1, 0.15) is 0 Å². The SMILES string of the molecule is CCN(CC)CCNC(CO)c1cc(Br)c(Br)s1. The zero-order valence-corrected chi connectivity index (χ0v) is 14.7. The molecule has 1 aromatic rings. The second kappa shape index (κ2) is 8.66. The third-order valence-electron chi connectivity index (χ3n) is 2.90. The summed E-state index contributed by atoms with van der Waals surface area (Å²) < 4.78 is 2.12. The smallest absolute Gasteiger partial charge is 0.0843 e. The van der Waals surface area contributed by atoms with Crippen LogP contribution in [0.2, 0.25) is 0 Å². The first-order valence-corrected chi connectivity index (χ1v) is 8.53. The minimum atomic E-state index is 0.0214. The van der Waals surface area contributed by atoms with Crippen molar-refractivity contribution in [3.05, 3.63) is 19.2 Å². The second-order valence-corrected chi connectivity index (χ2v) is 7.24. The Morgan fingerprint density at radius 1 is 1.39 bits per heavy atom. The number of halogens is 2. The van der Waals surface area contributed by atoms with E-state index < -0.39 is 0 Å². The lowest BCUT2D eigenvalue weighted by Gasteiger charge is -2.20. The average Bonchev–Trinajstić information content (AvgIpc) is 2.70. The molecule has 1 atom stereocenters. The number of rotatable bonds is 8. The van der Waals surface area contributed by atoms with Gasteiger partial charge < -0.3 is 15.3 Å². The summed E-state index contributed by atoms with van der Waals surface area (Å²) in [5, 5.41) is 12.9. The molecule has 6 heteroatoms. The van der Waals surface area contributed by atoms with Crippen LogP contribution in [0.15, 0.2) is 14.3 Å². The largest absolute Gasteiger partial charge is 0.394 e. The highest BCUT2D eigenvalue weighted by Gasteiger charge is 2.14.